The number of carbonyl (C=O) groups is 1. The Morgan fingerprint density at radius 3 is 2.81 bits per heavy atom. The van der Waals surface area contributed by atoms with Crippen LogP contribution in [0.3, 0.4) is 0 Å². The second kappa shape index (κ2) is 4.93. The molecule has 0 radical (unpaired) electrons. The average molecular weight is 240 g/mol. The third-order valence-electron chi connectivity index (χ3n) is 2.94. The second-order valence-corrected chi connectivity index (χ2v) is 5.27. The third-order valence-corrected chi connectivity index (χ3v) is 3.73. The van der Waals surface area contributed by atoms with E-state index in [1.54, 1.807) is 0 Å². The van der Waals surface area contributed by atoms with Gasteiger partial charge in [0.2, 0.25) is 0 Å². The summed E-state index contributed by atoms with van der Waals surface area (Å²) in [6.07, 6.45) is 4.54. The lowest BCUT2D eigenvalue weighted by atomic mass is 10.1. The molecule has 1 unspecified atom stereocenters. The Hall–Kier alpha value is -0.940. The zero-order valence-corrected chi connectivity index (χ0v) is 10.1. The fourth-order valence-corrected chi connectivity index (χ4v) is 2.76. The highest BCUT2D eigenvalue weighted by atomic mass is 32.1. The van der Waals surface area contributed by atoms with E-state index in [1.165, 1.54) is 24.2 Å². The quantitative estimate of drug-likeness (QED) is 0.846. The van der Waals surface area contributed by atoms with Crippen LogP contribution in [0.2, 0.25) is 0 Å². The van der Waals surface area contributed by atoms with Gasteiger partial charge < -0.3 is 5.11 Å². The first kappa shape index (κ1) is 11.5. The Morgan fingerprint density at radius 1 is 1.62 bits per heavy atom. The molecule has 88 valence electrons. The van der Waals surface area contributed by atoms with Crippen LogP contribution < -0.4 is 5.32 Å². The minimum atomic E-state index is -0.836. The standard InChI is InChI=1S/C11H16N2O2S/c1-7-12-9(6-16-7)10(11(14)15)13-8-4-2-3-5-8/h6,8,10,13H,2-5H2,1H3,(H,14,15). The summed E-state index contributed by atoms with van der Waals surface area (Å²) in [6.45, 7) is 1.89. The van der Waals surface area contributed by atoms with Crippen molar-refractivity contribution in [2.75, 3.05) is 0 Å². The van der Waals surface area contributed by atoms with Gasteiger partial charge in [-0.05, 0) is 19.8 Å². The molecule has 0 aromatic carbocycles. The second-order valence-electron chi connectivity index (χ2n) is 4.21. The summed E-state index contributed by atoms with van der Waals surface area (Å²) in [4.78, 5) is 15.4. The van der Waals surface area contributed by atoms with Crippen LogP contribution in [0.1, 0.15) is 42.4 Å². The largest absolute Gasteiger partial charge is 0.480 e. The van der Waals surface area contributed by atoms with Crippen LogP contribution in [-0.4, -0.2) is 22.1 Å². The summed E-state index contributed by atoms with van der Waals surface area (Å²) >= 11 is 1.49. The monoisotopic (exact) mass is 240 g/mol. The van der Waals surface area contributed by atoms with E-state index in [9.17, 15) is 9.90 Å². The van der Waals surface area contributed by atoms with Gasteiger partial charge in [0, 0.05) is 11.4 Å². The minimum absolute atomic E-state index is 0.336. The zero-order chi connectivity index (χ0) is 11.5. The number of hydrogen-bond acceptors (Lipinski definition) is 4. The lowest BCUT2D eigenvalue weighted by Crippen LogP contribution is -2.35. The highest BCUT2D eigenvalue weighted by Crippen LogP contribution is 2.23. The number of aromatic nitrogens is 1. The maximum Gasteiger partial charge on any atom is 0.327 e. The van der Waals surface area contributed by atoms with Crippen molar-refractivity contribution in [3.8, 4) is 0 Å². The van der Waals surface area contributed by atoms with Crippen LogP contribution in [0, 0.1) is 6.92 Å². The molecule has 1 aromatic rings. The third kappa shape index (κ3) is 2.59. The van der Waals surface area contributed by atoms with Crippen molar-refractivity contribution in [2.45, 2.75) is 44.7 Å². The molecule has 1 aromatic heterocycles. The van der Waals surface area contributed by atoms with Gasteiger partial charge in [0.05, 0.1) is 10.7 Å². The van der Waals surface area contributed by atoms with E-state index in [0.29, 0.717) is 11.7 Å². The van der Waals surface area contributed by atoms with Crippen molar-refractivity contribution in [2.24, 2.45) is 0 Å². The van der Waals surface area contributed by atoms with E-state index in [4.69, 9.17) is 0 Å². The smallest absolute Gasteiger partial charge is 0.327 e. The molecule has 4 nitrogen and oxygen atoms in total. The molecule has 16 heavy (non-hydrogen) atoms. The van der Waals surface area contributed by atoms with Gasteiger partial charge in [-0.1, -0.05) is 12.8 Å². The Morgan fingerprint density at radius 2 is 2.31 bits per heavy atom. The Bertz CT molecular complexity index is 372. The number of nitrogens with one attached hydrogen (secondary N) is 1. The number of carboxylic acid groups (broad SMARTS) is 1. The van der Waals surface area contributed by atoms with E-state index in [0.717, 1.165) is 17.8 Å². The first-order chi connectivity index (χ1) is 7.66. The Kier molecular flexibility index (Phi) is 3.56. The minimum Gasteiger partial charge on any atom is -0.480 e. The summed E-state index contributed by atoms with van der Waals surface area (Å²) in [6, 6.07) is -0.309. The number of nitrogens with zero attached hydrogens (tertiary/aromatic N) is 1. The van der Waals surface area contributed by atoms with Crippen molar-refractivity contribution in [3.05, 3.63) is 16.1 Å². The number of rotatable bonds is 4. The van der Waals surface area contributed by atoms with Crippen LogP contribution in [0.15, 0.2) is 5.38 Å². The summed E-state index contributed by atoms with van der Waals surface area (Å²) < 4.78 is 0. The molecule has 0 saturated heterocycles. The van der Waals surface area contributed by atoms with Gasteiger partial charge in [-0.2, -0.15) is 0 Å². The van der Waals surface area contributed by atoms with E-state index < -0.39 is 12.0 Å². The van der Waals surface area contributed by atoms with Gasteiger partial charge in [-0.15, -0.1) is 11.3 Å². The lowest BCUT2D eigenvalue weighted by molar-refractivity contribution is -0.140. The Labute approximate surface area is 98.7 Å². The summed E-state index contributed by atoms with van der Waals surface area (Å²) in [5, 5.41) is 15.1. The lowest BCUT2D eigenvalue weighted by Gasteiger charge is -2.17. The summed E-state index contributed by atoms with van der Waals surface area (Å²) in [7, 11) is 0. The number of aliphatic carboxylic acids is 1. The number of hydrogen-bond donors (Lipinski definition) is 2. The fourth-order valence-electron chi connectivity index (χ4n) is 2.12. The molecular weight excluding hydrogens is 224 g/mol. The maximum absolute atomic E-state index is 11.2. The normalized spacial score (nSPS) is 18.8. The first-order valence-electron chi connectivity index (χ1n) is 5.57. The van der Waals surface area contributed by atoms with Crippen molar-refractivity contribution < 1.29 is 9.90 Å². The van der Waals surface area contributed by atoms with Crippen LogP contribution >= 0.6 is 11.3 Å². The van der Waals surface area contributed by atoms with E-state index >= 15 is 0 Å². The zero-order valence-electron chi connectivity index (χ0n) is 9.27. The molecule has 0 amide bonds. The van der Waals surface area contributed by atoms with Crippen molar-refractivity contribution in [1.29, 1.82) is 0 Å². The van der Waals surface area contributed by atoms with Crippen LogP contribution in [0.5, 0.6) is 0 Å². The molecule has 1 heterocycles. The van der Waals surface area contributed by atoms with Crippen LogP contribution in [-0.2, 0) is 4.79 Å². The van der Waals surface area contributed by atoms with Gasteiger partial charge >= 0.3 is 5.97 Å². The highest BCUT2D eigenvalue weighted by molar-refractivity contribution is 7.09. The molecule has 1 aliphatic rings. The molecule has 5 heteroatoms. The molecule has 0 spiro atoms. The summed E-state index contributed by atoms with van der Waals surface area (Å²) in [5.74, 6) is -0.836. The molecule has 1 aliphatic carbocycles. The van der Waals surface area contributed by atoms with Crippen molar-refractivity contribution in [1.82, 2.24) is 10.3 Å². The van der Waals surface area contributed by atoms with Gasteiger partial charge in [-0.3, -0.25) is 10.1 Å². The molecule has 0 bridgehead atoms. The predicted octanol–water partition coefficient (Wildman–Crippen LogP) is 2.11. The fraction of sp³-hybridized carbons (Fsp3) is 0.636. The average Bonchev–Trinajstić information content (AvgIpc) is 2.84. The predicted molar refractivity (Wildman–Crippen MR) is 62.6 cm³/mol. The van der Waals surface area contributed by atoms with Gasteiger partial charge in [-0.25, -0.2) is 4.98 Å². The van der Waals surface area contributed by atoms with Crippen LogP contribution in [0.25, 0.3) is 0 Å². The maximum atomic E-state index is 11.2. The number of carboxylic acids is 1. The van der Waals surface area contributed by atoms with E-state index in [1.807, 2.05) is 12.3 Å². The van der Waals surface area contributed by atoms with Gasteiger partial charge in [0.15, 0.2) is 0 Å². The van der Waals surface area contributed by atoms with E-state index in [2.05, 4.69) is 10.3 Å². The van der Waals surface area contributed by atoms with Gasteiger partial charge in [0.1, 0.15) is 6.04 Å². The summed E-state index contributed by atoms with van der Waals surface area (Å²) in [5.41, 5.74) is 0.641. The molecule has 1 saturated carbocycles. The van der Waals surface area contributed by atoms with Crippen molar-refractivity contribution >= 4 is 17.3 Å². The molecule has 0 aliphatic heterocycles. The van der Waals surface area contributed by atoms with E-state index in [-0.39, 0.29) is 0 Å². The molecule has 2 N–H and O–H groups in total. The first-order valence-corrected chi connectivity index (χ1v) is 6.45. The Balaban J connectivity index is 2.07. The highest BCUT2D eigenvalue weighted by Gasteiger charge is 2.26. The molecule has 1 fully saturated rings. The SMILES string of the molecule is Cc1nc(C(NC2CCCC2)C(=O)O)cs1. The van der Waals surface area contributed by atoms with Crippen molar-refractivity contribution in [3.63, 3.8) is 0 Å². The molecular formula is C11H16N2O2S. The topological polar surface area (TPSA) is 62.2 Å². The molecule has 1 atom stereocenters. The van der Waals surface area contributed by atoms with Crippen LogP contribution in [0.4, 0.5) is 0 Å². The number of thiazole rings is 1. The molecule has 2 rings (SSSR count). The van der Waals surface area contributed by atoms with Gasteiger partial charge in [0.25, 0.3) is 0 Å². The number of aryl methyl sites for hydroxylation is 1.